The molecule has 5 nitrogen and oxygen atoms in total. The predicted molar refractivity (Wildman–Crippen MR) is 117 cm³/mol. The van der Waals surface area contributed by atoms with Crippen molar-refractivity contribution in [1.29, 1.82) is 0 Å². The van der Waals surface area contributed by atoms with E-state index in [2.05, 4.69) is 41.3 Å². The fraction of sp³-hybridized carbons (Fsp3) is 0.292. The van der Waals surface area contributed by atoms with E-state index in [9.17, 15) is 4.79 Å². The van der Waals surface area contributed by atoms with E-state index in [1.807, 2.05) is 56.3 Å². The van der Waals surface area contributed by atoms with Crippen molar-refractivity contribution in [3.05, 3.63) is 83.2 Å². The van der Waals surface area contributed by atoms with E-state index in [0.717, 1.165) is 16.9 Å². The summed E-state index contributed by atoms with van der Waals surface area (Å²) in [6.07, 6.45) is 0. The second-order valence-corrected chi connectivity index (χ2v) is 7.42. The SMILES string of the molecule is CCN(Cc1ccccc1)C(=O)c1cc(C)nc(Nc2ccc(C(C)C)cc2)n1. The average molecular weight is 389 g/mol. The molecule has 0 aliphatic carbocycles. The monoisotopic (exact) mass is 388 g/mol. The number of benzene rings is 2. The molecule has 0 unspecified atom stereocenters. The molecule has 0 radical (unpaired) electrons. The Labute approximate surface area is 172 Å². The van der Waals surface area contributed by atoms with Gasteiger partial charge in [0.15, 0.2) is 0 Å². The van der Waals surface area contributed by atoms with E-state index in [4.69, 9.17) is 0 Å². The Morgan fingerprint density at radius 3 is 2.34 bits per heavy atom. The maximum atomic E-state index is 13.1. The topological polar surface area (TPSA) is 58.1 Å². The highest BCUT2D eigenvalue weighted by Gasteiger charge is 2.18. The minimum atomic E-state index is -0.0972. The van der Waals surface area contributed by atoms with Crippen LogP contribution in [0.2, 0.25) is 0 Å². The second kappa shape index (κ2) is 9.32. The van der Waals surface area contributed by atoms with Crippen LogP contribution in [0, 0.1) is 6.92 Å². The molecule has 0 bridgehead atoms. The molecule has 0 saturated carbocycles. The maximum absolute atomic E-state index is 13.1. The Kier molecular flexibility index (Phi) is 6.60. The van der Waals surface area contributed by atoms with Gasteiger partial charge in [0.1, 0.15) is 5.69 Å². The van der Waals surface area contributed by atoms with Gasteiger partial charge in [0.05, 0.1) is 0 Å². The third kappa shape index (κ3) is 5.41. The van der Waals surface area contributed by atoms with Crippen LogP contribution in [-0.4, -0.2) is 27.3 Å². The van der Waals surface area contributed by atoms with Crippen LogP contribution in [0.25, 0.3) is 0 Å². The average Bonchev–Trinajstić information content (AvgIpc) is 2.72. The summed E-state index contributed by atoms with van der Waals surface area (Å²) in [5.74, 6) is 0.814. The normalized spacial score (nSPS) is 10.8. The maximum Gasteiger partial charge on any atom is 0.272 e. The Balaban J connectivity index is 1.79. The van der Waals surface area contributed by atoms with Crippen LogP contribution in [0.4, 0.5) is 11.6 Å². The summed E-state index contributed by atoms with van der Waals surface area (Å²) in [4.78, 5) is 23.8. The lowest BCUT2D eigenvalue weighted by Gasteiger charge is -2.21. The van der Waals surface area contributed by atoms with Crippen molar-refractivity contribution in [2.24, 2.45) is 0 Å². The zero-order chi connectivity index (χ0) is 20.8. The number of aromatic nitrogens is 2. The number of hydrogen-bond donors (Lipinski definition) is 1. The first-order chi connectivity index (χ1) is 14.0. The van der Waals surface area contributed by atoms with Crippen LogP contribution in [0.1, 0.15) is 54.0 Å². The largest absolute Gasteiger partial charge is 0.333 e. The van der Waals surface area contributed by atoms with Crippen molar-refractivity contribution < 1.29 is 4.79 Å². The lowest BCUT2D eigenvalue weighted by atomic mass is 10.0. The molecule has 29 heavy (non-hydrogen) atoms. The highest BCUT2D eigenvalue weighted by atomic mass is 16.2. The molecule has 0 spiro atoms. The summed E-state index contributed by atoms with van der Waals surface area (Å²) in [6, 6.07) is 19.9. The molecule has 3 rings (SSSR count). The second-order valence-electron chi connectivity index (χ2n) is 7.42. The lowest BCUT2D eigenvalue weighted by molar-refractivity contribution is 0.0746. The van der Waals surface area contributed by atoms with E-state index in [0.29, 0.717) is 30.6 Å². The number of carbonyl (C=O) groups is 1. The standard InChI is InChI=1S/C24H28N4O/c1-5-28(16-19-9-7-6-8-10-19)23(29)22-15-18(4)25-24(27-22)26-21-13-11-20(12-14-21)17(2)3/h6-15,17H,5,16H2,1-4H3,(H,25,26,27). The van der Waals surface area contributed by atoms with Crippen molar-refractivity contribution in [3.8, 4) is 0 Å². The summed E-state index contributed by atoms with van der Waals surface area (Å²) in [7, 11) is 0. The van der Waals surface area contributed by atoms with Crippen molar-refractivity contribution in [1.82, 2.24) is 14.9 Å². The molecule has 1 N–H and O–H groups in total. The highest BCUT2D eigenvalue weighted by molar-refractivity contribution is 5.92. The number of amides is 1. The van der Waals surface area contributed by atoms with Gasteiger partial charge in [0.2, 0.25) is 5.95 Å². The summed E-state index contributed by atoms with van der Waals surface area (Å²) in [5, 5.41) is 3.22. The van der Waals surface area contributed by atoms with Crippen molar-refractivity contribution in [3.63, 3.8) is 0 Å². The first-order valence-corrected chi connectivity index (χ1v) is 10.0. The smallest absolute Gasteiger partial charge is 0.272 e. The molecular formula is C24H28N4O. The zero-order valence-electron chi connectivity index (χ0n) is 17.5. The van der Waals surface area contributed by atoms with Gasteiger partial charge in [-0.15, -0.1) is 0 Å². The number of nitrogens with zero attached hydrogens (tertiary/aromatic N) is 3. The Hall–Kier alpha value is -3.21. The van der Waals surface area contributed by atoms with E-state index in [1.54, 1.807) is 11.0 Å². The molecule has 2 aromatic carbocycles. The molecule has 0 atom stereocenters. The Bertz CT molecular complexity index is 952. The van der Waals surface area contributed by atoms with Gasteiger partial charge in [0.25, 0.3) is 5.91 Å². The summed E-state index contributed by atoms with van der Waals surface area (Å²) >= 11 is 0. The number of hydrogen-bond acceptors (Lipinski definition) is 4. The molecule has 3 aromatic rings. The lowest BCUT2D eigenvalue weighted by Crippen LogP contribution is -2.31. The first kappa shape index (κ1) is 20.5. The molecule has 0 aliphatic heterocycles. The molecule has 1 aromatic heterocycles. The van der Waals surface area contributed by atoms with Gasteiger partial charge in [-0.05, 0) is 49.1 Å². The van der Waals surface area contributed by atoms with Crippen molar-refractivity contribution in [2.75, 3.05) is 11.9 Å². The van der Waals surface area contributed by atoms with Gasteiger partial charge in [-0.2, -0.15) is 0 Å². The number of aryl methyl sites for hydroxylation is 1. The minimum absolute atomic E-state index is 0.0972. The molecule has 0 aliphatic rings. The number of carbonyl (C=O) groups excluding carboxylic acids is 1. The number of anilines is 2. The van der Waals surface area contributed by atoms with Crippen LogP contribution in [0.3, 0.4) is 0 Å². The molecule has 1 heterocycles. The summed E-state index contributed by atoms with van der Waals surface area (Å²) < 4.78 is 0. The molecule has 0 saturated heterocycles. The van der Waals surface area contributed by atoms with Crippen molar-refractivity contribution >= 4 is 17.5 Å². The predicted octanol–water partition coefficient (Wildman–Crippen LogP) is 5.31. The Morgan fingerprint density at radius 2 is 1.72 bits per heavy atom. The van der Waals surface area contributed by atoms with Crippen LogP contribution >= 0.6 is 0 Å². The quantitative estimate of drug-likeness (QED) is 0.595. The molecule has 1 amide bonds. The fourth-order valence-electron chi connectivity index (χ4n) is 3.11. The van der Waals surface area contributed by atoms with Gasteiger partial charge < -0.3 is 10.2 Å². The highest BCUT2D eigenvalue weighted by Crippen LogP contribution is 2.20. The molecule has 0 fully saturated rings. The van der Waals surface area contributed by atoms with Gasteiger partial charge in [0, 0.05) is 24.5 Å². The third-order valence-electron chi connectivity index (χ3n) is 4.79. The fourth-order valence-corrected chi connectivity index (χ4v) is 3.11. The zero-order valence-corrected chi connectivity index (χ0v) is 17.5. The number of nitrogens with one attached hydrogen (secondary N) is 1. The van der Waals surface area contributed by atoms with Crippen LogP contribution in [-0.2, 0) is 6.54 Å². The van der Waals surface area contributed by atoms with Gasteiger partial charge in [-0.3, -0.25) is 4.79 Å². The molecular weight excluding hydrogens is 360 g/mol. The van der Waals surface area contributed by atoms with Gasteiger partial charge in [-0.1, -0.05) is 56.3 Å². The van der Waals surface area contributed by atoms with Crippen LogP contribution < -0.4 is 5.32 Å². The van der Waals surface area contributed by atoms with Gasteiger partial charge >= 0.3 is 0 Å². The van der Waals surface area contributed by atoms with Crippen molar-refractivity contribution in [2.45, 2.75) is 40.2 Å². The van der Waals surface area contributed by atoms with Crippen LogP contribution in [0.15, 0.2) is 60.7 Å². The van der Waals surface area contributed by atoms with E-state index in [-0.39, 0.29) is 5.91 Å². The summed E-state index contributed by atoms with van der Waals surface area (Å²) in [6.45, 7) is 9.34. The Morgan fingerprint density at radius 1 is 1.03 bits per heavy atom. The van der Waals surface area contributed by atoms with E-state index < -0.39 is 0 Å². The third-order valence-corrected chi connectivity index (χ3v) is 4.79. The van der Waals surface area contributed by atoms with Gasteiger partial charge in [-0.25, -0.2) is 9.97 Å². The van der Waals surface area contributed by atoms with E-state index in [1.165, 1.54) is 5.56 Å². The minimum Gasteiger partial charge on any atom is -0.333 e. The molecule has 150 valence electrons. The summed E-state index contributed by atoms with van der Waals surface area (Å²) in [5.41, 5.74) is 4.42. The van der Waals surface area contributed by atoms with E-state index >= 15 is 0 Å². The van der Waals surface area contributed by atoms with Crippen LogP contribution in [0.5, 0.6) is 0 Å². The number of rotatable bonds is 7. The first-order valence-electron chi connectivity index (χ1n) is 10.0. The molecule has 5 heteroatoms.